The Hall–Kier alpha value is -2.90. The minimum atomic E-state index is -0.778. The van der Waals surface area contributed by atoms with Crippen molar-refractivity contribution in [2.24, 2.45) is 5.92 Å². The van der Waals surface area contributed by atoms with Crippen molar-refractivity contribution in [2.45, 2.75) is 12.1 Å². The lowest BCUT2D eigenvalue weighted by Crippen LogP contribution is -2.61. The van der Waals surface area contributed by atoms with Crippen molar-refractivity contribution in [2.75, 3.05) is 46.0 Å². The summed E-state index contributed by atoms with van der Waals surface area (Å²) < 4.78 is 11.5. The Morgan fingerprint density at radius 3 is 2.61 bits per heavy atom. The number of nitrogens with one attached hydrogen (secondary N) is 1. The van der Waals surface area contributed by atoms with Gasteiger partial charge in [0.1, 0.15) is 12.4 Å². The van der Waals surface area contributed by atoms with Crippen molar-refractivity contribution in [3.63, 3.8) is 0 Å². The van der Waals surface area contributed by atoms with Crippen LogP contribution in [0.3, 0.4) is 0 Å². The minimum Gasteiger partial charge on any atom is -0.490 e. The number of hydrogen-bond acceptors (Lipinski definition) is 5. The fourth-order valence-electron chi connectivity index (χ4n) is 4.88. The highest BCUT2D eigenvalue weighted by atomic mass is 16.5. The Kier molecular flexibility index (Phi) is 5.38. The Morgan fingerprint density at radius 1 is 1.06 bits per heavy atom. The Morgan fingerprint density at radius 2 is 1.81 bits per heavy atom. The third-order valence-electron chi connectivity index (χ3n) is 6.46. The van der Waals surface area contributed by atoms with Crippen LogP contribution < -0.4 is 10.1 Å². The molecule has 2 atom stereocenters. The fourth-order valence-corrected chi connectivity index (χ4v) is 4.88. The second kappa shape index (κ2) is 8.32. The molecule has 5 rings (SSSR count). The molecular formula is C24H27N3O4. The van der Waals surface area contributed by atoms with Crippen LogP contribution in [-0.2, 0) is 16.1 Å². The second-order valence-corrected chi connectivity index (χ2v) is 8.54. The van der Waals surface area contributed by atoms with Crippen molar-refractivity contribution in [3.05, 3.63) is 65.7 Å². The zero-order valence-corrected chi connectivity index (χ0v) is 17.5. The van der Waals surface area contributed by atoms with Crippen LogP contribution in [0.25, 0.3) is 0 Å². The van der Waals surface area contributed by atoms with Gasteiger partial charge in [-0.15, -0.1) is 0 Å². The van der Waals surface area contributed by atoms with Gasteiger partial charge < -0.3 is 19.7 Å². The Bertz CT molecular complexity index is 960. The highest BCUT2D eigenvalue weighted by Gasteiger charge is 2.54. The van der Waals surface area contributed by atoms with E-state index in [4.69, 9.17) is 9.47 Å². The summed E-state index contributed by atoms with van der Waals surface area (Å²) in [5.41, 5.74) is 0.917. The first-order chi connectivity index (χ1) is 15.1. The van der Waals surface area contributed by atoms with Crippen LogP contribution in [-0.4, -0.2) is 73.2 Å². The summed E-state index contributed by atoms with van der Waals surface area (Å²) in [4.78, 5) is 30.8. The molecule has 0 bridgehead atoms. The van der Waals surface area contributed by atoms with Gasteiger partial charge in [-0.05, 0) is 17.7 Å². The van der Waals surface area contributed by atoms with Crippen molar-refractivity contribution >= 4 is 11.8 Å². The quantitative estimate of drug-likeness (QED) is 0.814. The van der Waals surface area contributed by atoms with E-state index in [1.807, 2.05) is 41.3 Å². The number of rotatable bonds is 3. The van der Waals surface area contributed by atoms with Crippen molar-refractivity contribution in [1.29, 1.82) is 0 Å². The van der Waals surface area contributed by atoms with E-state index in [1.165, 1.54) is 5.56 Å². The van der Waals surface area contributed by atoms with Crippen LogP contribution in [0, 0.1) is 5.92 Å². The molecule has 0 aromatic heterocycles. The molecule has 3 aliphatic heterocycles. The number of carbonyl (C=O) groups excluding carboxylic acids is 2. The third kappa shape index (κ3) is 3.91. The molecular weight excluding hydrogens is 394 g/mol. The highest BCUT2D eigenvalue weighted by molar-refractivity contribution is 5.98. The number of fused-ring (bicyclic) bond motifs is 1. The molecule has 2 saturated heterocycles. The maximum atomic E-state index is 13.6. The van der Waals surface area contributed by atoms with Gasteiger partial charge in [-0.3, -0.25) is 14.5 Å². The summed E-state index contributed by atoms with van der Waals surface area (Å²) in [6.45, 7) is 4.38. The molecule has 2 amide bonds. The van der Waals surface area contributed by atoms with Gasteiger partial charge >= 0.3 is 0 Å². The van der Waals surface area contributed by atoms with Gasteiger partial charge in [-0.25, -0.2) is 0 Å². The lowest BCUT2D eigenvalue weighted by atomic mass is 9.86. The SMILES string of the molecule is O=C1N[C@]2(COc3ccccc31)CN(Cc1ccccc1)C[C@H]2C(=O)N1CCOCC1. The van der Waals surface area contributed by atoms with Crippen LogP contribution in [0.2, 0.25) is 0 Å². The summed E-state index contributed by atoms with van der Waals surface area (Å²) >= 11 is 0. The topological polar surface area (TPSA) is 71.1 Å². The van der Waals surface area contributed by atoms with E-state index in [0.717, 1.165) is 6.54 Å². The first kappa shape index (κ1) is 20.0. The van der Waals surface area contributed by atoms with E-state index in [1.54, 1.807) is 6.07 Å². The van der Waals surface area contributed by atoms with Gasteiger partial charge in [0.15, 0.2) is 0 Å². The first-order valence-electron chi connectivity index (χ1n) is 10.8. The van der Waals surface area contributed by atoms with Gasteiger partial charge in [-0.2, -0.15) is 0 Å². The minimum absolute atomic E-state index is 0.0636. The number of amides is 2. The molecule has 1 spiro atoms. The number of morpholine rings is 1. The second-order valence-electron chi connectivity index (χ2n) is 8.54. The zero-order chi connectivity index (χ0) is 21.3. The summed E-state index contributed by atoms with van der Waals surface area (Å²) in [6.07, 6.45) is 0. The van der Waals surface area contributed by atoms with Crippen LogP contribution in [0.15, 0.2) is 54.6 Å². The summed E-state index contributed by atoms with van der Waals surface area (Å²) in [5, 5.41) is 3.21. The fraction of sp³-hybridized carbons (Fsp3) is 0.417. The van der Waals surface area contributed by atoms with E-state index < -0.39 is 5.54 Å². The van der Waals surface area contributed by atoms with E-state index in [-0.39, 0.29) is 24.3 Å². The Balaban J connectivity index is 1.44. The number of ether oxygens (including phenoxy) is 2. The number of nitrogens with zero attached hydrogens (tertiary/aromatic N) is 2. The first-order valence-corrected chi connectivity index (χ1v) is 10.8. The molecule has 3 heterocycles. The van der Waals surface area contributed by atoms with Crippen molar-refractivity contribution in [3.8, 4) is 5.75 Å². The van der Waals surface area contributed by atoms with Crippen molar-refractivity contribution < 1.29 is 19.1 Å². The average Bonchev–Trinajstić information content (AvgIpc) is 3.08. The van der Waals surface area contributed by atoms with E-state index in [2.05, 4.69) is 22.3 Å². The van der Waals surface area contributed by atoms with Crippen LogP contribution in [0.5, 0.6) is 5.75 Å². The summed E-state index contributed by atoms with van der Waals surface area (Å²) in [5.74, 6) is 0.0617. The maximum absolute atomic E-state index is 13.6. The smallest absolute Gasteiger partial charge is 0.255 e. The number of benzene rings is 2. The molecule has 2 fully saturated rings. The molecule has 31 heavy (non-hydrogen) atoms. The molecule has 0 aliphatic carbocycles. The number of carbonyl (C=O) groups is 2. The predicted octanol–water partition coefficient (Wildman–Crippen LogP) is 1.54. The number of likely N-dealkylation sites (tertiary alicyclic amines) is 1. The normalized spacial score (nSPS) is 26.1. The molecule has 7 nitrogen and oxygen atoms in total. The molecule has 3 aliphatic rings. The Labute approximate surface area is 181 Å². The van der Waals surface area contributed by atoms with E-state index >= 15 is 0 Å². The molecule has 1 N–H and O–H groups in total. The van der Waals surface area contributed by atoms with E-state index in [9.17, 15) is 9.59 Å². The van der Waals surface area contributed by atoms with Gasteiger partial charge in [0.05, 0.1) is 30.2 Å². The number of para-hydroxylation sites is 1. The lowest BCUT2D eigenvalue weighted by molar-refractivity contribution is -0.141. The highest BCUT2D eigenvalue weighted by Crippen LogP contribution is 2.35. The zero-order valence-electron chi connectivity index (χ0n) is 17.5. The van der Waals surface area contributed by atoms with Crippen LogP contribution in [0.4, 0.5) is 0 Å². The van der Waals surface area contributed by atoms with Crippen LogP contribution in [0.1, 0.15) is 15.9 Å². The molecule has 0 saturated carbocycles. The molecule has 2 aromatic rings. The molecule has 0 radical (unpaired) electrons. The molecule has 7 heteroatoms. The van der Waals surface area contributed by atoms with Gasteiger partial charge in [-0.1, -0.05) is 42.5 Å². The monoisotopic (exact) mass is 421 g/mol. The average molecular weight is 421 g/mol. The molecule has 162 valence electrons. The van der Waals surface area contributed by atoms with Gasteiger partial charge in [0.2, 0.25) is 5.91 Å². The summed E-state index contributed by atoms with van der Waals surface area (Å²) in [7, 11) is 0. The largest absolute Gasteiger partial charge is 0.490 e. The number of hydrogen-bond donors (Lipinski definition) is 1. The van der Waals surface area contributed by atoms with Gasteiger partial charge in [0.25, 0.3) is 5.91 Å². The molecule has 0 unspecified atom stereocenters. The third-order valence-corrected chi connectivity index (χ3v) is 6.46. The van der Waals surface area contributed by atoms with Crippen LogP contribution >= 0.6 is 0 Å². The standard InChI is InChI=1S/C24H27N3O4/c28-22-19-8-4-5-9-21(19)31-17-24(25-22)16-26(14-18-6-2-1-3-7-18)15-20(24)23(29)27-10-12-30-13-11-27/h1-9,20H,10-17H2,(H,25,28)/t20-,24-/m0/s1. The van der Waals surface area contributed by atoms with Gasteiger partial charge in [0, 0.05) is 32.7 Å². The lowest BCUT2D eigenvalue weighted by Gasteiger charge is -2.37. The van der Waals surface area contributed by atoms with Crippen molar-refractivity contribution in [1.82, 2.24) is 15.1 Å². The summed E-state index contributed by atoms with van der Waals surface area (Å²) in [6, 6.07) is 17.5. The molecule has 2 aromatic carbocycles. The van der Waals surface area contributed by atoms with E-state index in [0.29, 0.717) is 50.7 Å². The maximum Gasteiger partial charge on any atom is 0.255 e. The predicted molar refractivity (Wildman–Crippen MR) is 115 cm³/mol.